The summed E-state index contributed by atoms with van der Waals surface area (Å²) in [5, 5.41) is 14.3. The molecule has 3 nitrogen and oxygen atoms in total. The lowest BCUT2D eigenvalue weighted by Gasteiger charge is -2.15. The monoisotopic (exact) mass is 220 g/mol. The van der Waals surface area contributed by atoms with Gasteiger partial charge in [-0.15, -0.1) is 0 Å². The average Bonchev–Trinajstić information content (AvgIpc) is 2.65. The Morgan fingerprint density at radius 1 is 1.44 bits per heavy atom. The second-order valence-electron chi connectivity index (χ2n) is 4.65. The number of aliphatic hydroxyl groups is 1. The van der Waals surface area contributed by atoms with E-state index in [1.54, 1.807) is 4.68 Å². The number of nitrogens with zero attached hydrogens (tertiary/aromatic N) is 2. The van der Waals surface area contributed by atoms with Gasteiger partial charge in [0.1, 0.15) is 0 Å². The summed E-state index contributed by atoms with van der Waals surface area (Å²) in [4.78, 5) is 0. The van der Waals surface area contributed by atoms with Crippen LogP contribution in [0, 0.1) is 0 Å². The molecule has 1 unspecified atom stereocenters. The highest BCUT2D eigenvalue weighted by Gasteiger charge is 2.12. The molecule has 1 aromatic heterocycles. The molecule has 0 aliphatic heterocycles. The fourth-order valence-corrected chi connectivity index (χ4v) is 2.28. The Kier molecular flexibility index (Phi) is 3.78. The number of rotatable bonds is 4. The first-order chi connectivity index (χ1) is 7.74. The van der Waals surface area contributed by atoms with Crippen LogP contribution in [0.15, 0.2) is 23.9 Å². The SMILES string of the molecule is Cn1ccc(CC(O)CC2=CCCCC2)n1. The molecule has 1 aliphatic rings. The van der Waals surface area contributed by atoms with Gasteiger partial charge in [-0.25, -0.2) is 0 Å². The number of hydrogen-bond acceptors (Lipinski definition) is 2. The Morgan fingerprint density at radius 2 is 2.31 bits per heavy atom. The number of aromatic nitrogens is 2. The molecule has 1 N–H and O–H groups in total. The van der Waals surface area contributed by atoms with Crippen LogP contribution in [0.2, 0.25) is 0 Å². The predicted octanol–water partition coefficient (Wildman–Crippen LogP) is 2.21. The summed E-state index contributed by atoms with van der Waals surface area (Å²) in [6.45, 7) is 0. The van der Waals surface area contributed by atoms with Crippen LogP contribution >= 0.6 is 0 Å². The molecule has 0 aromatic carbocycles. The van der Waals surface area contributed by atoms with E-state index in [0.29, 0.717) is 6.42 Å². The Morgan fingerprint density at radius 3 is 2.94 bits per heavy atom. The molecule has 0 saturated heterocycles. The second-order valence-corrected chi connectivity index (χ2v) is 4.65. The van der Waals surface area contributed by atoms with Gasteiger partial charge < -0.3 is 5.11 Å². The van der Waals surface area contributed by atoms with Gasteiger partial charge in [-0.2, -0.15) is 5.10 Å². The number of aliphatic hydroxyl groups excluding tert-OH is 1. The van der Waals surface area contributed by atoms with Crippen molar-refractivity contribution in [3.05, 3.63) is 29.6 Å². The molecule has 1 aliphatic carbocycles. The minimum atomic E-state index is -0.278. The van der Waals surface area contributed by atoms with E-state index >= 15 is 0 Å². The van der Waals surface area contributed by atoms with Gasteiger partial charge in [0.2, 0.25) is 0 Å². The predicted molar refractivity (Wildman–Crippen MR) is 64.1 cm³/mol. The molecule has 0 fully saturated rings. The van der Waals surface area contributed by atoms with Gasteiger partial charge in [-0.3, -0.25) is 4.68 Å². The molecule has 3 heteroatoms. The van der Waals surface area contributed by atoms with Crippen LogP contribution in [-0.2, 0) is 13.5 Å². The summed E-state index contributed by atoms with van der Waals surface area (Å²) in [5.74, 6) is 0. The highest BCUT2D eigenvalue weighted by molar-refractivity contribution is 5.08. The lowest BCUT2D eigenvalue weighted by Crippen LogP contribution is -2.13. The molecule has 1 aromatic rings. The molecule has 88 valence electrons. The van der Waals surface area contributed by atoms with Crippen molar-refractivity contribution in [3.8, 4) is 0 Å². The van der Waals surface area contributed by atoms with E-state index in [9.17, 15) is 5.11 Å². The van der Waals surface area contributed by atoms with Crippen molar-refractivity contribution in [1.29, 1.82) is 0 Å². The van der Waals surface area contributed by atoms with Gasteiger partial charge >= 0.3 is 0 Å². The van der Waals surface area contributed by atoms with Crippen molar-refractivity contribution in [3.63, 3.8) is 0 Å². The Hall–Kier alpha value is -1.09. The Labute approximate surface area is 96.8 Å². The topological polar surface area (TPSA) is 38.0 Å². The summed E-state index contributed by atoms with van der Waals surface area (Å²) in [5.41, 5.74) is 2.40. The number of hydrogen-bond donors (Lipinski definition) is 1. The normalized spacial score (nSPS) is 18.2. The molecular weight excluding hydrogens is 200 g/mol. The molecular formula is C13H20N2O. The van der Waals surface area contributed by atoms with Gasteiger partial charge in [0.05, 0.1) is 11.8 Å². The maximum atomic E-state index is 9.97. The van der Waals surface area contributed by atoms with E-state index in [1.807, 2.05) is 19.3 Å². The van der Waals surface area contributed by atoms with Gasteiger partial charge in [-0.05, 0) is 38.2 Å². The second kappa shape index (κ2) is 5.30. The number of aryl methyl sites for hydroxylation is 1. The Bertz CT molecular complexity index is 368. The van der Waals surface area contributed by atoms with Gasteiger partial charge in [-0.1, -0.05) is 11.6 Å². The fourth-order valence-electron chi connectivity index (χ4n) is 2.28. The fraction of sp³-hybridized carbons (Fsp3) is 0.615. The van der Waals surface area contributed by atoms with Crippen molar-refractivity contribution in [2.75, 3.05) is 0 Å². The largest absolute Gasteiger partial charge is 0.392 e. The summed E-state index contributed by atoms with van der Waals surface area (Å²) in [6, 6.07) is 1.97. The van der Waals surface area contributed by atoms with E-state index in [0.717, 1.165) is 12.1 Å². The summed E-state index contributed by atoms with van der Waals surface area (Å²) in [6.07, 6.45) is 10.4. The lowest BCUT2D eigenvalue weighted by molar-refractivity contribution is 0.172. The first-order valence-electron chi connectivity index (χ1n) is 6.08. The van der Waals surface area contributed by atoms with Crippen LogP contribution in [0.3, 0.4) is 0 Å². The van der Waals surface area contributed by atoms with Crippen LogP contribution in [-0.4, -0.2) is 21.0 Å². The molecule has 0 saturated carbocycles. The van der Waals surface area contributed by atoms with Gasteiger partial charge in [0.15, 0.2) is 0 Å². The zero-order valence-electron chi connectivity index (χ0n) is 9.89. The van der Waals surface area contributed by atoms with Crippen molar-refractivity contribution in [1.82, 2.24) is 9.78 Å². The summed E-state index contributed by atoms with van der Waals surface area (Å²) < 4.78 is 1.78. The van der Waals surface area contributed by atoms with Crippen molar-refractivity contribution in [2.24, 2.45) is 7.05 Å². The maximum Gasteiger partial charge on any atom is 0.0650 e. The molecule has 1 atom stereocenters. The van der Waals surface area contributed by atoms with Crippen molar-refractivity contribution < 1.29 is 5.11 Å². The highest BCUT2D eigenvalue weighted by atomic mass is 16.3. The molecule has 0 bridgehead atoms. The smallest absolute Gasteiger partial charge is 0.0650 e. The van der Waals surface area contributed by atoms with Gasteiger partial charge in [0, 0.05) is 19.7 Å². The maximum absolute atomic E-state index is 9.97. The van der Waals surface area contributed by atoms with Crippen LogP contribution in [0.4, 0.5) is 0 Å². The van der Waals surface area contributed by atoms with E-state index in [2.05, 4.69) is 11.2 Å². The van der Waals surface area contributed by atoms with Gasteiger partial charge in [0.25, 0.3) is 0 Å². The molecule has 0 radical (unpaired) electrons. The Balaban J connectivity index is 1.83. The van der Waals surface area contributed by atoms with Crippen molar-refractivity contribution >= 4 is 0 Å². The minimum Gasteiger partial charge on any atom is -0.392 e. The van der Waals surface area contributed by atoms with Crippen LogP contribution < -0.4 is 0 Å². The third-order valence-electron chi connectivity index (χ3n) is 3.10. The van der Waals surface area contributed by atoms with E-state index in [4.69, 9.17) is 0 Å². The van der Waals surface area contributed by atoms with E-state index in [1.165, 1.54) is 31.3 Å². The summed E-state index contributed by atoms with van der Waals surface area (Å²) in [7, 11) is 1.90. The number of allylic oxidation sites excluding steroid dienone is 1. The lowest BCUT2D eigenvalue weighted by atomic mass is 9.94. The molecule has 2 rings (SSSR count). The third-order valence-corrected chi connectivity index (χ3v) is 3.10. The molecule has 16 heavy (non-hydrogen) atoms. The van der Waals surface area contributed by atoms with Crippen LogP contribution in [0.25, 0.3) is 0 Å². The molecule has 1 heterocycles. The first-order valence-corrected chi connectivity index (χ1v) is 6.08. The quantitative estimate of drug-likeness (QED) is 0.790. The zero-order chi connectivity index (χ0) is 11.4. The minimum absolute atomic E-state index is 0.278. The summed E-state index contributed by atoms with van der Waals surface area (Å²) >= 11 is 0. The van der Waals surface area contributed by atoms with E-state index in [-0.39, 0.29) is 6.10 Å². The standard InChI is InChI=1S/C13H20N2O/c1-15-8-7-12(14-15)10-13(16)9-11-5-3-2-4-6-11/h5,7-8,13,16H,2-4,6,9-10H2,1H3. The highest BCUT2D eigenvalue weighted by Crippen LogP contribution is 2.22. The third kappa shape index (κ3) is 3.20. The molecule has 0 amide bonds. The first kappa shape index (κ1) is 11.4. The van der Waals surface area contributed by atoms with Crippen LogP contribution in [0.5, 0.6) is 0 Å². The average molecular weight is 220 g/mol. The van der Waals surface area contributed by atoms with Crippen molar-refractivity contribution in [2.45, 2.75) is 44.6 Å². The zero-order valence-corrected chi connectivity index (χ0v) is 9.89. The van der Waals surface area contributed by atoms with E-state index < -0.39 is 0 Å². The van der Waals surface area contributed by atoms with Crippen LogP contribution in [0.1, 0.15) is 37.8 Å². The molecule has 0 spiro atoms.